The first-order valence-electron chi connectivity index (χ1n) is 6.71. The molecule has 4 nitrogen and oxygen atoms in total. The Balaban J connectivity index is 1.94. The van der Waals surface area contributed by atoms with Gasteiger partial charge < -0.3 is 18.9 Å². The molecular weight excluding hydrogens is 220 g/mol. The van der Waals surface area contributed by atoms with Crippen LogP contribution in [-0.2, 0) is 18.9 Å². The quantitative estimate of drug-likeness (QED) is 0.701. The standard InChI is InChI=1S/C13H22O4/c1-14-11-10-15-7-6-12(11)4-2-3-5-13(12)16-8-9-17-13/h11H,2-10H2,1H3. The third-order valence-electron chi connectivity index (χ3n) is 4.75. The van der Waals surface area contributed by atoms with Gasteiger partial charge in [-0.15, -0.1) is 0 Å². The SMILES string of the molecule is COC1COCCC12CCCCC21OCCO1. The molecule has 0 aromatic rings. The van der Waals surface area contributed by atoms with Crippen molar-refractivity contribution in [1.82, 2.24) is 0 Å². The first-order chi connectivity index (χ1) is 8.33. The van der Waals surface area contributed by atoms with Crippen LogP contribution in [0.4, 0.5) is 0 Å². The second-order valence-corrected chi connectivity index (χ2v) is 5.36. The smallest absolute Gasteiger partial charge is 0.176 e. The highest BCUT2D eigenvalue weighted by Crippen LogP contribution is 2.55. The maximum absolute atomic E-state index is 6.05. The summed E-state index contributed by atoms with van der Waals surface area (Å²) in [5.41, 5.74) is 0.00868. The summed E-state index contributed by atoms with van der Waals surface area (Å²) in [5, 5.41) is 0. The first-order valence-corrected chi connectivity index (χ1v) is 6.71. The zero-order valence-corrected chi connectivity index (χ0v) is 10.6. The zero-order valence-electron chi connectivity index (χ0n) is 10.6. The van der Waals surface area contributed by atoms with Crippen LogP contribution in [0.5, 0.6) is 0 Å². The molecule has 4 heteroatoms. The molecule has 0 aromatic carbocycles. The predicted octanol–water partition coefficient (Wildman–Crippen LogP) is 1.73. The Labute approximate surface area is 103 Å². The molecule has 98 valence electrons. The Hall–Kier alpha value is -0.160. The fourth-order valence-electron chi connectivity index (χ4n) is 3.90. The van der Waals surface area contributed by atoms with Crippen LogP contribution >= 0.6 is 0 Å². The van der Waals surface area contributed by atoms with E-state index in [0.717, 1.165) is 39.1 Å². The van der Waals surface area contributed by atoms with E-state index < -0.39 is 5.79 Å². The van der Waals surface area contributed by atoms with Crippen molar-refractivity contribution in [2.45, 2.75) is 44.0 Å². The maximum Gasteiger partial charge on any atom is 0.176 e. The minimum Gasteiger partial charge on any atom is -0.379 e. The van der Waals surface area contributed by atoms with Crippen molar-refractivity contribution < 1.29 is 18.9 Å². The van der Waals surface area contributed by atoms with E-state index in [4.69, 9.17) is 18.9 Å². The lowest BCUT2D eigenvalue weighted by atomic mass is 9.63. The summed E-state index contributed by atoms with van der Waals surface area (Å²) in [5.74, 6) is -0.393. The van der Waals surface area contributed by atoms with Gasteiger partial charge in [-0.05, 0) is 19.3 Å². The average Bonchev–Trinajstić information content (AvgIpc) is 2.84. The molecular formula is C13H22O4. The summed E-state index contributed by atoms with van der Waals surface area (Å²) in [6.07, 6.45) is 5.68. The molecule has 2 heterocycles. The van der Waals surface area contributed by atoms with E-state index in [9.17, 15) is 0 Å². The summed E-state index contributed by atoms with van der Waals surface area (Å²) in [4.78, 5) is 0. The molecule has 2 unspecified atom stereocenters. The van der Waals surface area contributed by atoms with E-state index >= 15 is 0 Å². The van der Waals surface area contributed by atoms with Gasteiger partial charge in [0, 0.05) is 20.1 Å². The van der Waals surface area contributed by atoms with Crippen molar-refractivity contribution in [3.63, 3.8) is 0 Å². The van der Waals surface area contributed by atoms with Crippen molar-refractivity contribution in [3.8, 4) is 0 Å². The molecule has 0 N–H and O–H groups in total. The molecule has 0 radical (unpaired) electrons. The topological polar surface area (TPSA) is 36.9 Å². The van der Waals surface area contributed by atoms with Crippen molar-refractivity contribution >= 4 is 0 Å². The van der Waals surface area contributed by atoms with E-state index in [1.54, 1.807) is 7.11 Å². The Bertz CT molecular complexity index is 269. The molecule has 1 aliphatic carbocycles. The number of rotatable bonds is 1. The monoisotopic (exact) mass is 242 g/mol. The molecule has 2 spiro atoms. The lowest BCUT2D eigenvalue weighted by Crippen LogP contribution is -2.61. The van der Waals surface area contributed by atoms with Gasteiger partial charge in [0.1, 0.15) is 0 Å². The molecule has 2 atom stereocenters. The molecule has 3 aliphatic rings. The van der Waals surface area contributed by atoms with Gasteiger partial charge >= 0.3 is 0 Å². The van der Waals surface area contributed by atoms with Crippen LogP contribution in [-0.4, -0.2) is 45.4 Å². The Morgan fingerprint density at radius 2 is 1.76 bits per heavy atom. The van der Waals surface area contributed by atoms with Gasteiger partial charge in [-0.3, -0.25) is 0 Å². The molecule has 1 saturated carbocycles. The van der Waals surface area contributed by atoms with Gasteiger partial charge in [-0.2, -0.15) is 0 Å². The van der Waals surface area contributed by atoms with Crippen molar-refractivity contribution in [3.05, 3.63) is 0 Å². The Kier molecular flexibility index (Phi) is 3.15. The average molecular weight is 242 g/mol. The molecule has 2 saturated heterocycles. The fraction of sp³-hybridized carbons (Fsp3) is 1.00. The maximum atomic E-state index is 6.05. The van der Waals surface area contributed by atoms with E-state index in [1.807, 2.05) is 0 Å². The summed E-state index contributed by atoms with van der Waals surface area (Å²) in [6, 6.07) is 0. The van der Waals surface area contributed by atoms with Gasteiger partial charge in [0.2, 0.25) is 0 Å². The second-order valence-electron chi connectivity index (χ2n) is 5.36. The first kappa shape index (κ1) is 11.9. The van der Waals surface area contributed by atoms with Crippen molar-refractivity contribution in [2.24, 2.45) is 5.41 Å². The Morgan fingerprint density at radius 1 is 1.00 bits per heavy atom. The van der Waals surface area contributed by atoms with Crippen LogP contribution < -0.4 is 0 Å². The van der Waals surface area contributed by atoms with E-state index in [-0.39, 0.29) is 11.5 Å². The number of hydrogen-bond acceptors (Lipinski definition) is 4. The number of fused-ring (bicyclic) bond motifs is 1. The van der Waals surface area contributed by atoms with Gasteiger partial charge in [0.05, 0.1) is 31.3 Å². The van der Waals surface area contributed by atoms with Crippen molar-refractivity contribution in [1.29, 1.82) is 0 Å². The van der Waals surface area contributed by atoms with Gasteiger partial charge in [-0.25, -0.2) is 0 Å². The third-order valence-corrected chi connectivity index (χ3v) is 4.75. The lowest BCUT2D eigenvalue weighted by Gasteiger charge is -2.54. The number of ether oxygens (including phenoxy) is 4. The van der Waals surface area contributed by atoms with Crippen LogP contribution in [0, 0.1) is 5.41 Å². The molecule has 3 rings (SSSR count). The zero-order chi connectivity index (χ0) is 11.8. The molecule has 0 amide bonds. The van der Waals surface area contributed by atoms with Crippen LogP contribution in [0.25, 0.3) is 0 Å². The summed E-state index contributed by atoms with van der Waals surface area (Å²) >= 11 is 0. The minimum atomic E-state index is -0.393. The lowest BCUT2D eigenvalue weighted by molar-refractivity contribution is -0.306. The Morgan fingerprint density at radius 3 is 2.53 bits per heavy atom. The normalized spacial score (nSPS) is 41.1. The van der Waals surface area contributed by atoms with E-state index in [0.29, 0.717) is 6.61 Å². The third kappa shape index (κ3) is 1.65. The largest absolute Gasteiger partial charge is 0.379 e. The summed E-state index contributed by atoms with van der Waals surface area (Å²) in [7, 11) is 1.78. The van der Waals surface area contributed by atoms with Gasteiger partial charge in [0.15, 0.2) is 5.79 Å². The van der Waals surface area contributed by atoms with Gasteiger partial charge in [-0.1, -0.05) is 6.42 Å². The van der Waals surface area contributed by atoms with E-state index in [2.05, 4.69) is 0 Å². The van der Waals surface area contributed by atoms with Gasteiger partial charge in [0.25, 0.3) is 0 Å². The highest BCUT2D eigenvalue weighted by molar-refractivity contribution is 5.04. The summed E-state index contributed by atoms with van der Waals surface area (Å²) in [6.45, 7) is 2.91. The fourth-order valence-corrected chi connectivity index (χ4v) is 3.90. The molecule has 3 fully saturated rings. The van der Waals surface area contributed by atoms with E-state index in [1.165, 1.54) is 12.8 Å². The highest BCUT2D eigenvalue weighted by Gasteiger charge is 2.61. The van der Waals surface area contributed by atoms with Crippen LogP contribution in [0.15, 0.2) is 0 Å². The summed E-state index contributed by atoms with van der Waals surface area (Å²) < 4.78 is 23.4. The van der Waals surface area contributed by atoms with Crippen LogP contribution in [0.2, 0.25) is 0 Å². The van der Waals surface area contributed by atoms with Crippen LogP contribution in [0.1, 0.15) is 32.1 Å². The molecule has 0 aromatic heterocycles. The molecule has 0 bridgehead atoms. The minimum absolute atomic E-state index is 0.00868. The van der Waals surface area contributed by atoms with Crippen LogP contribution in [0.3, 0.4) is 0 Å². The second kappa shape index (κ2) is 4.50. The predicted molar refractivity (Wildman–Crippen MR) is 61.8 cm³/mol. The highest BCUT2D eigenvalue weighted by atomic mass is 16.7. The number of hydrogen-bond donors (Lipinski definition) is 0. The number of methoxy groups -OCH3 is 1. The molecule has 17 heavy (non-hydrogen) atoms. The molecule has 2 aliphatic heterocycles. The van der Waals surface area contributed by atoms with Crippen molar-refractivity contribution in [2.75, 3.05) is 33.5 Å².